The number of nitrogens with zero attached hydrogens (tertiary/aromatic N) is 2. The monoisotopic (exact) mass is 203 g/mol. The zero-order valence-corrected chi connectivity index (χ0v) is 9.00. The van der Waals surface area contributed by atoms with E-state index in [1.165, 1.54) is 31.3 Å². The second kappa shape index (κ2) is 3.81. The van der Waals surface area contributed by atoms with Crippen LogP contribution in [0.5, 0.6) is 0 Å². The lowest BCUT2D eigenvalue weighted by atomic mass is 10.2. The number of imidazole rings is 1. The second-order valence-electron chi connectivity index (χ2n) is 4.45. The van der Waals surface area contributed by atoms with Crippen molar-refractivity contribution >= 4 is 12.2 Å². The summed E-state index contributed by atoms with van der Waals surface area (Å²) in [5, 5.41) is 2.39. The van der Waals surface area contributed by atoms with Gasteiger partial charge in [-0.25, -0.2) is 4.98 Å². The van der Waals surface area contributed by atoms with Gasteiger partial charge in [-0.3, -0.25) is 4.90 Å². The van der Waals surface area contributed by atoms with Crippen molar-refractivity contribution in [2.45, 2.75) is 32.2 Å². The Morgan fingerprint density at radius 1 is 1.20 bits per heavy atom. The SMILES string of the molecule is C1=c2nc(CN3CCCC3)[nH]c2=CCC1. The van der Waals surface area contributed by atoms with E-state index in [1.807, 2.05) is 0 Å². The molecule has 0 unspecified atom stereocenters. The van der Waals surface area contributed by atoms with Crippen molar-refractivity contribution < 1.29 is 0 Å². The number of fused-ring (bicyclic) bond motifs is 1. The maximum Gasteiger partial charge on any atom is 0.121 e. The number of aromatic amines is 1. The second-order valence-corrected chi connectivity index (χ2v) is 4.45. The van der Waals surface area contributed by atoms with E-state index in [1.54, 1.807) is 0 Å². The highest BCUT2D eigenvalue weighted by Crippen LogP contribution is 2.09. The average molecular weight is 203 g/mol. The molecule has 3 nitrogen and oxygen atoms in total. The quantitative estimate of drug-likeness (QED) is 0.752. The first-order chi connectivity index (χ1) is 7.42. The van der Waals surface area contributed by atoms with Gasteiger partial charge in [0.2, 0.25) is 0 Å². The van der Waals surface area contributed by atoms with Gasteiger partial charge in [0.25, 0.3) is 0 Å². The van der Waals surface area contributed by atoms with Gasteiger partial charge in [0.1, 0.15) is 5.82 Å². The van der Waals surface area contributed by atoms with E-state index in [9.17, 15) is 0 Å². The molecule has 1 aliphatic carbocycles. The summed E-state index contributed by atoms with van der Waals surface area (Å²) in [4.78, 5) is 10.5. The molecular weight excluding hydrogens is 186 g/mol. The molecule has 1 aliphatic heterocycles. The van der Waals surface area contributed by atoms with Gasteiger partial charge in [-0.2, -0.15) is 0 Å². The lowest BCUT2D eigenvalue weighted by Crippen LogP contribution is -2.26. The number of nitrogens with one attached hydrogen (secondary N) is 1. The Hall–Kier alpha value is -1.09. The Balaban J connectivity index is 1.84. The summed E-state index contributed by atoms with van der Waals surface area (Å²) in [6.07, 6.45) is 9.48. The summed E-state index contributed by atoms with van der Waals surface area (Å²) in [5.41, 5.74) is 0. The van der Waals surface area contributed by atoms with Crippen LogP contribution in [0.25, 0.3) is 12.2 Å². The largest absolute Gasteiger partial charge is 0.341 e. The van der Waals surface area contributed by atoms with Crippen LogP contribution in [0.15, 0.2) is 0 Å². The third-order valence-electron chi connectivity index (χ3n) is 3.24. The molecule has 3 rings (SSSR count). The number of hydrogen-bond donors (Lipinski definition) is 1. The van der Waals surface area contributed by atoms with Crippen molar-refractivity contribution in [3.05, 3.63) is 16.5 Å². The fourth-order valence-corrected chi connectivity index (χ4v) is 2.44. The molecule has 0 saturated carbocycles. The Kier molecular flexibility index (Phi) is 2.33. The van der Waals surface area contributed by atoms with Crippen LogP contribution in [0.4, 0.5) is 0 Å². The van der Waals surface area contributed by atoms with Crippen molar-refractivity contribution in [1.82, 2.24) is 14.9 Å². The van der Waals surface area contributed by atoms with Gasteiger partial charge in [0.05, 0.1) is 17.2 Å². The summed E-state index contributed by atoms with van der Waals surface area (Å²) >= 11 is 0. The van der Waals surface area contributed by atoms with E-state index in [0.29, 0.717) is 0 Å². The van der Waals surface area contributed by atoms with Gasteiger partial charge in [0.15, 0.2) is 0 Å². The summed E-state index contributed by atoms with van der Waals surface area (Å²) < 4.78 is 0. The van der Waals surface area contributed by atoms with Crippen molar-refractivity contribution in [1.29, 1.82) is 0 Å². The Morgan fingerprint density at radius 2 is 2.00 bits per heavy atom. The molecule has 1 aromatic heterocycles. The number of likely N-dealkylation sites (tertiary alicyclic amines) is 1. The first-order valence-corrected chi connectivity index (χ1v) is 5.89. The molecule has 0 spiro atoms. The van der Waals surface area contributed by atoms with E-state index < -0.39 is 0 Å². The molecule has 1 N–H and O–H groups in total. The number of hydrogen-bond acceptors (Lipinski definition) is 2. The van der Waals surface area contributed by atoms with Gasteiger partial charge in [-0.15, -0.1) is 0 Å². The van der Waals surface area contributed by atoms with E-state index >= 15 is 0 Å². The van der Waals surface area contributed by atoms with E-state index in [2.05, 4.69) is 27.0 Å². The highest BCUT2D eigenvalue weighted by Gasteiger charge is 2.13. The van der Waals surface area contributed by atoms with Gasteiger partial charge in [-0.1, -0.05) is 12.2 Å². The molecule has 0 aromatic carbocycles. The number of aromatic nitrogens is 2. The normalized spacial score (nSPS) is 20.8. The van der Waals surface area contributed by atoms with Crippen LogP contribution in [-0.4, -0.2) is 28.0 Å². The smallest absolute Gasteiger partial charge is 0.121 e. The van der Waals surface area contributed by atoms with Gasteiger partial charge in [-0.05, 0) is 38.8 Å². The maximum absolute atomic E-state index is 4.63. The Morgan fingerprint density at radius 3 is 2.80 bits per heavy atom. The lowest BCUT2D eigenvalue weighted by molar-refractivity contribution is 0.323. The minimum atomic E-state index is 0.995. The molecule has 3 heteroatoms. The van der Waals surface area contributed by atoms with Crippen molar-refractivity contribution in [2.75, 3.05) is 13.1 Å². The fraction of sp³-hybridized carbons (Fsp3) is 0.583. The minimum absolute atomic E-state index is 0.995. The topological polar surface area (TPSA) is 31.9 Å². The lowest BCUT2D eigenvalue weighted by Gasteiger charge is -2.11. The molecule has 0 amide bonds. The zero-order chi connectivity index (χ0) is 10.1. The van der Waals surface area contributed by atoms with E-state index in [-0.39, 0.29) is 0 Å². The van der Waals surface area contributed by atoms with Crippen LogP contribution in [0.2, 0.25) is 0 Å². The summed E-state index contributed by atoms with van der Waals surface area (Å²) in [5.74, 6) is 1.14. The molecule has 1 saturated heterocycles. The number of rotatable bonds is 2. The molecule has 80 valence electrons. The molecular formula is C12H17N3. The van der Waals surface area contributed by atoms with Gasteiger partial charge in [0, 0.05) is 0 Å². The van der Waals surface area contributed by atoms with Crippen molar-refractivity contribution in [2.24, 2.45) is 0 Å². The predicted molar refractivity (Wildman–Crippen MR) is 60.5 cm³/mol. The molecule has 2 heterocycles. The van der Waals surface area contributed by atoms with Crippen LogP contribution in [0.1, 0.15) is 31.5 Å². The van der Waals surface area contributed by atoms with E-state index in [4.69, 9.17) is 0 Å². The molecule has 1 aromatic rings. The minimum Gasteiger partial charge on any atom is -0.341 e. The van der Waals surface area contributed by atoms with Crippen molar-refractivity contribution in [3.8, 4) is 0 Å². The van der Waals surface area contributed by atoms with Gasteiger partial charge < -0.3 is 4.98 Å². The van der Waals surface area contributed by atoms with Crippen LogP contribution in [-0.2, 0) is 6.54 Å². The molecule has 0 atom stereocenters. The van der Waals surface area contributed by atoms with E-state index in [0.717, 1.165) is 30.6 Å². The first kappa shape index (κ1) is 9.16. The Labute approximate surface area is 89.5 Å². The molecule has 15 heavy (non-hydrogen) atoms. The molecule has 0 bridgehead atoms. The standard InChI is InChI=1S/C12H17N3/c1-2-6-11-10(5-1)13-12(14-11)9-15-7-3-4-8-15/h5-6H,1-4,7-9H2,(H,13,14). The summed E-state index contributed by atoms with van der Waals surface area (Å²) in [6, 6.07) is 0. The highest BCUT2D eigenvalue weighted by atomic mass is 15.2. The molecule has 1 fully saturated rings. The maximum atomic E-state index is 4.63. The molecule has 0 radical (unpaired) electrons. The van der Waals surface area contributed by atoms with Crippen LogP contribution >= 0.6 is 0 Å². The van der Waals surface area contributed by atoms with Gasteiger partial charge >= 0.3 is 0 Å². The molecule has 2 aliphatic rings. The average Bonchev–Trinajstić information content (AvgIpc) is 2.86. The third kappa shape index (κ3) is 1.84. The highest BCUT2D eigenvalue weighted by molar-refractivity contribution is 5.33. The van der Waals surface area contributed by atoms with Crippen LogP contribution < -0.4 is 10.7 Å². The first-order valence-electron chi connectivity index (χ1n) is 5.89. The van der Waals surface area contributed by atoms with Crippen LogP contribution in [0, 0.1) is 0 Å². The zero-order valence-electron chi connectivity index (χ0n) is 9.00. The fourth-order valence-electron chi connectivity index (χ4n) is 2.44. The van der Waals surface area contributed by atoms with Crippen LogP contribution in [0.3, 0.4) is 0 Å². The Bertz CT molecular complexity index is 418. The predicted octanol–water partition coefficient (Wildman–Crippen LogP) is 0.360. The summed E-state index contributed by atoms with van der Waals surface area (Å²) in [7, 11) is 0. The number of H-pyrrole nitrogens is 1. The van der Waals surface area contributed by atoms with Crippen molar-refractivity contribution in [3.63, 3.8) is 0 Å². The third-order valence-corrected chi connectivity index (χ3v) is 3.24. The summed E-state index contributed by atoms with van der Waals surface area (Å²) in [6.45, 7) is 3.46.